The van der Waals surface area contributed by atoms with Crippen LogP contribution in [0.3, 0.4) is 0 Å². The van der Waals surface area contributed by atoms with Crippen LogP contribution in [0.25, 0.3) is 0 Å². The van der Waals surface area contributed by atoms with Crippen molar-refractivity contribution in [3.05, 3.63) is 0 Å². The van der Waals surface area contributed by atoms with Gasteiger partial charge in [-0.25, -0.2) is 13.2 Å². The monoisotopic (exact) mass is 360 g/mol. The second-order valence-electron chi connectivity index (χ2n) is 6.73. The predicted molar refractivity (Wildman–Crippen MR) is 91.4 cm³/mol. The predicted octanol–water partition coefficient (Wildman–Crippen LogP) is -0.679. The largest absolute Gasteiger partial charge is 0.334 e. The fraction of sp³-hybridized carbons (Fsp3) is 0.867. The molecule has 2 fully saturated rings. The molecule has 0 aromatic heterocycles. The number of carbonyl (C=O) groups excluding carboxylic acids is 2. The Balaban J connectivity index is 1.64. The number of nitrogens with one attached hydrogen (secondary N) is 3. The van der Waals surface area contributed by atoms with Crippen molar-refractivity contribution in [1.29, 1.82) is 0 Å². The van der Waals surface area contributed by atoms with Crippen molar-refractivity contribution in [2.75, 3.05) is 44.7 Å². The van der Waals surface area contributed by atoms with Crippen LogP contribution >= 0.6 is 0 Å². The van der Waals surface area contributed by atoms with E-state index in [4.69, 9.17) is 0 Å². The van der Waals surface area contributed by atoms with Crippen molar-refractivity contribution in [3.63, 3.8) is 0 Å². The Bertz CT molecular complexity index is 544. The molecule has 2 saturated heterocycles. The van der Waals surface area contributed by atoms with Gasteiger partial charge in [-0.3, -0.25) is 15.0 Å². The lowest BCUT2D eigenvalue weighted by atomic mass is 9.93. The molecule has 0 radical (unpaired) electrons. The summed E-state index contributed by atoms with van der Waals surface area (Å²) in [5.41, 5.74) is 0. The van der Waals surface area contributed by atoms with Crippen LogP contribution in [0.5, 0.6) is 0 Å². The zero-order valence-electron chi connectivity index (χ0n) is 14.2. The van der Waals surface area contributed by atoms with E-state index in [0.717, 1.165) is 38.9 Å². The highest BCUT2D eigenvalue weighted by Gasteiger charge is 2.29. The molecule has 2 aliphatic rings. The first-order chi connectivity index (χ1) is 11.4. The zero-order valence-corrected chi connectivity index (χ0v) is 15.0. The summed E-state index contributed by atoms with van der Waals surface area (Å²) in [6.07, 6.45) is 3.70. The van der Waals surface area contributed by atoms with Crippen LogP contribution in [0.2, 0.25) is 0 Å². The molecule has 0 bridgehead atoms. The highest BCUT2D eigenvalue weighted by Crippen LogP contribution is 2.19. The molecule has 1 atom stereocenters. The minimum Gasteiger partial charge on any atom is -0.334 e. The molecule has 1 unspecified atom stereocenters. The number of carbonyl (C=O) groups is 2. The van der Waals surface area contributed by atoms with Gasteiger partial charge in [0.05, 0.1) is 18.1 Å². The van der Waals surface area contributed by atoms with E-state index in [0.29, 0.717) is 12.3 Å². The SMILES string of the molecule is CNCCC1CCN(CC(=O)NC(=O)NC2CCS(=O)(=O)C2)CC1. The molecule has 2 rings (SSSR count). The molecule has 0 spiro atoms. The molecule has 9 heteroatoms. The van der Waals surface area contributed by atoms with Gasteiger partial charge < -0.3 is 10.6 Å². The van der Waals surface area contributed by atoms with Crippen molar-refractivity contribution >= 4 is 21.8 Å². The van der Waals surface area contributed by atoms with Crippen molar-refractivity contribution < 1.29 is 18.0 Å². The average Bonchev–Trinajstić information content (AvgIpc) is 2.85. The first-order valence-electron chi connectivity index (χ1n) is 8.55. The number of likely N-dealkylation sites (tertiary alicyclic amines) is 1. The topological polar surface area (TPSA) is 108 Å². The number of rotatable bonds is 6. The summed E-state index contributed by atoms with van der Waals surface area (Å²) in [5.74, 6) is 0.398. The third kappa shape index (κ3) is 6.37. The van der Waals surface area contributed by atoms with Crippen LogP contribution in [-0.4, -0.2) is 76.0 Å². The summed E-state index contributed by atoms with van der Waals surface area (Å²) in [6.45, 7) is 2.95. The standard InChI is InChI=1S/C15H28N4O4S/c1-16-6-2-12-3-7-19(8-4-12)10-14(20)18-15(21)17-13-5-9-24(22,23)11-13/h12-13,16H,2-11H2,1H3,(H2,17,18,20,21). The van der Waals surface area contributed by atoms with Gasteiger partial charge in [0.2, 0.25) is 5.91 Å². The summed E-state index contributed by atoms with van der Waals surface area (Å²) in [7, 11) is -1.09. The van der Waals surface area contributed by atoms with Crippen LogP contribution in [0.4, 0.5) is 4.79 Å². The van der Waals surface area contributed by atoms with Gasteiger partial charge >= 0.3 is 6.03 Å². The van der Waals surface area contributed by atoms with Crippen molar-refractivity contribution in [2.45, 2.75) is 31.7 Å². The number of urea groups is 1. The molecule has 2 heterocycles. The summed E-state index contributed by atoms with van der Waals surface area (Å²) in [5, 5.41) is 8.00. The number of hydrogen-bond donors (Lipinski definition) is 3. The molecular formula is C15H28N4O4S. The van der Waals surface area contributed by atoms with E-state index in [2.05, 4.69) is 20.9 Å². The minimum atomic E-state index is -3.04. The Morgan fingerprint density at radius 2 is 1.88 bits per heavy atom. The zero-order chi connectivity index (χ0) is 17.6. The Labute approximate surface area is 143 Å². The van der Waals surface area contributed by atoms with Gasteiger partial charge in [0.15, 0.2) is 9.84 Å². The van der Waals surface area contributed by atoms with E-state index in [-0.39, 0.29) is 24.0 Å². The maximum absolute atomic E-state index is 11.9. The van der Waals surface area contributed by atoms with Crippen LogP contribution in [-0.2, 0) is 14.6 Å². The normalized spacial score (nSPS) is 24.6. The maximum Gasteiger partial charge on any atom is 0.321 e. The number of sulfone groups is 1. The van der Waals surface area contributed by atoms with Gasteiger partial charge in [-0.2, -0.15) is 0 Å². The summed E-state index contributed by atoms with van der Waals surface area (Å²) in [6, 6.07) is -1.00. The average molecular weight is 360 g/mol. The first kappa shape index (κ1) is 19.1. The molecule has 8 nitrogen and oxygen atoms in total. The van der Waals surface area contributed by atoms with E-state index in [1.165, 1.54) is 0 Å². The maximum atomic E-state index is 11.9. The lowest BCUT2D eigenvalue weighted by Gasteiger charge is -2.31. The van der Waals surface area contributed by atoms with Gasteiger partial charge in [-0.15, -0.1) is 0 Å². The summed E-state index contributed by atoms with van der Waals surface area (Å²) >= 11 is 0. The number of amides is 3. The van der Waals surface area contributed by atoms with Crippen molar-refractivity contribution in [2.24, 2.45) is 5.92 Å². The molecule has 0 saturated carbocycles. The van der Waals surface area contributed by atoms with E-state index in [9.17, 15) is 18.0 Å². The molecule has 138 valence electrons. The lowest BCUT2D eigenvalue weighted by Crippen LogP contribution is -2.48. The molecule has 2 aliphatic heterocycles. The third-order valence-electron chi connectivity index (χ3n) is 4.70. The fourth-order valence-corrected chi connectivity index (χ4v) is 4.95. The van der Waals surface area contributed by atoms with Gasteiger partial charge in [-0.1, -0.05) is 0 Å². The highest BCUT2D eigenvalue weighted by molar-refractivity contribution is 7.91. The van der Waals surface area contributed by atoms with Crippen LogP contribution in [0.1, 0.15) is 25.7 Å². The third-order valence-corrected chi connectivity index (χ3v) is 6.47. The van der Waals surface area contributed by atoms with Crippen LogP contribution < -0.4 is 16.0 Å². The Hall–Kier alpha value is -1.19. The number of nitrogens with zero attached hydrogens (tertiary/aromatic N) is 1. The number of imide groups is 1. The summed E-state index contributed by atoms with van der Waals surface area (Å²) in [4.78, 5) is 25.8. The van der Waals surface area contributed by atoms with Crippen molar-refractivity contribution in [1.82, 2.24) is 20.9 Å². The van der Waals surface area contributed by atoms with E-state index in [1.807, 2.05) is 7.05 Å². The molecule has 0 aromatic rings. The number of hydrogen-bond acceptors (Lipinski definition) is 6. The Morgan fingerprint density at radius 3 is 2.46 bits per heavy atom. The van der Waals surface area contributed by atoms with Gasteiger partial charge in [-0.05, 0) is 58.3 Å². The van der Waals surface area contributed by atoms with Crippen molar-refractivity contribution in [3.8, 4) is 0 Å². The molecular weight excluding hydrogens is 332 g/mol. The first-order valence-corrected chi connectivity index (χ1v) is 10.4. The molecule has 0 aliphatic carbocycles. The van der Waals surface area contributed by atoms with Gasteiger partial charge in [0, 0.05) is 6.04 Å². The van der Waals surface area contributed by atoms with E-state index in [1.54, 1.807) is 0 Å². The molecule has 24 heavy (non-hydrogen) atoms. The molecule has 0 aromatic carbocycles. The van der Waals surface area contributed by atoms with E-state index >= 15 is 0 Å². The van der Waals surface area contributed by atoms with Gasteiger partial charge in [0.1, 0.15) is 0 Å². The minimum absolute atomic E-state index is 0.0469. The van der Waals surface area contributed by atoms with Gasteiger partial charge in [0.25, 0.3) is 0 Å². The smallest absolute Gasteiger partial charge is 0.321 e. The highest BCUT2D eigenvalue weighted by atomic mass is 32.2. The van der Waals surface area contributed by atoms with Crippen LogP contribution in [0, 0.1) is 5.92 Å². The fourth-order valence-electron chi connectivity index (χ4n) is 3.28. The quantitative estimate of drug-likeness (QED) is 0.579. The van der Waals surface area contributed by atoms with E-state index < -0.39 is 21.9 Å². The number of piperidine rings is 1. The Kier molecular flexibility index (Phi) is 7.00. The van der Waals surface area contributed by atoms with Crippen LogP contribution in [0.15, 0.2) is 0 Å². The lowest BCUT2D eigenvalue weighted by molar-refractivity contribution is -0.121. The molecule has 3 amide bonds. The Morgan fingerprint density at radius 1 is 1.17 bits per heavy atom. The summed E-state index contributed by atoms with van der Waals surface area (Å²) < 4.78 is 22.7. The second kappa shape index (κ2) is 8.77. The molecule has 3 N–H and O–H groups in total. The second-order valence-corrected chi connectivity index (χ2v) is 8.96.